The minimum Gasteiger partial charge on any atom is -0.407 e. The van der Waals surface area contributed by atoms with Crippen LogP contribution >= 0.6 is 0 Å². The van der Waals surface area contributed by atoms with Crippen LogP contribution in [0.5, 0.6) is 11.5 Å². The SMILES string of the molecule is C#CC#CC#CC#CC#CC#CC#CC#CC#CC#CC#COc1ccc(C(N)c2ccc(C)cc2)cc1.C#CC#CC#CC#CC#CC#CC#CC#CC#CC#CC#COc1ccc(C(NCC)c2ccc(C)cc2)cc1.[HH].[HH].[HH].[HH].[HH].[HH].[HH].[HH].[HH].[HH].[HH].[HH].[HH].[HH].[HH].[HH].[HH].[HH].[HH].[HH].[HH].[HH].[HH].[HH].[HH].[HH].[HH].[HH].[HH].[HH].[HH].[HH].[HH].[HH].[HH].[HH].[HH].[HH].[HH].[HH].[HH].[HH].[HH].[HH]. The molecule has 4 nitrogen and oxygen atoms in total. The van der Waals surface area contributed by atoms with Gasteiger partial charge in [0, 0.05) is 205 Å². The molecular formula is C74H122N2O2. The molecule has 2 unspecified atom stereocenters. The number of hydrogen-bond donors (Lipinski definition) is 2. The van der Waals surface area contributed by atoms with Gasteiger partial charge in [0.25, 0.3) is 0 Å². The predicted octanol–water partition coefficient (Wildman–Crippen LogP) is 17.6. The first kappa shape index (κ1) is 59.0. The Kier molecular flexibility index (Phi) is 30.6. The van der Waals surface area contributed by atoms with Crippen molar-refractivity contribution in [2.24, 2.45) is 5.73 Å². The first-order chi connectivity index (χ1) is 38.4. The summed E-state index contributed by atoms with van der Waals surface area (Å²) in [6, 6.07) is 31.8. The molecule has 0 aromatic heterocycles. The number of nitrogens with one attached hydrogen (secondary N) is 1. The summed E-state index contributed by atoms with van der Waals surface area (Å²) in [5, 5.41) is 3.52. The van der Waals surface area contributed by atoms with Gasteiger partial charge in [-0.15, -0.1) is 12.8 Å². The van der Waals surface area contributed by atoms with E-state index in [-0.39, 0.29) is 74.9 Å². The highest BCUT2D eigenvalue weighted by molar-refractivity contribution is 5.50. The van der Waals surface area contributed by atoms with E-state index in [1.165, 1.54) is 16.7 Å². The monoisotopic (exact) mass is 1070 g/mol. The average molecular weight is 1070 g/mol. The van der Waals surface area contributed by atoms with E-state index in [1.807, 2.05) is 79.7 Å². The molecule has 0 aliphatic rings. The molecule has 440 valence electrons. The fourth-order valence-electron chi connectivity index (χ4n) is 5.18. The maximum atomic E-state index is 6.33. The Labute approximate surface area is 526 Å². The molecule has 0 aliphatic heterocycles. The lowest BCUT2D eigenvalue weighted by atomic mass is 9.98. The van der Waals surface area contributed by atoms with Crippen LogP contribution in [0.25, 0.3) is 0 Å². The smallest absolute Gasteiger partial charge is 0.140 e. The zero-order valence-corrected chi connectivity index (χ0v) is 42.1. The van der Waals surface area contributed by atoms with Gasteiger partial charge < -0.3 is 20.5 Å². The van der Waals surface area contributed by atoms with Gasteiger partial charge in [-0.05, 0) is 162 Å². The highest BCUT2D eigenvalue weighted by atomic mass is 16.5. The fraction of sp³-hybridized carbons (Fsp3) is 0.0811. The van der Waals surface area contributed by atoms with Crippen LogP contribution in [0.15, 0.2) is 97.1 Å². The Balaban J connectivity index is -0.0000000193. The Hall–Kier alpha value is -13.3. The molecule has 0 spiro atoms. The highest BCUT2D eigenvalue weighted by Crippen LogP contribution is 2.25. The van der Waals surface area contributed by atoms with Crippen LogP contribution in [-0.2, 0) is 0 Å². The van der Waals surface area contributed by atoms with Crippen molar-refractivity contribution in [3.8, 4) is 273 Å². The van der Waals surface area contributed by atoms with Crippen LogP contribution in [0.1, 0.15) is 115 Å². The number of ether oxygens (including phenoxy) is 2. The molecule has 4 rings (SSSR count). The molecule has 0 heterocycles. The molecule has 0 radical (unpaired) electrons. The minimum atomic E-state index is -0.208. The summed E-state index contributed by atoms with van der Waals surface area (Å²) < 4.78 is 10.8. The molecule has 3 N–H and O–H groups in total. The van der Waals surface area contributed by atoms with Crippen molar-refractivity contribution < 1.29 is 72.2 Å². The number of rotatable bonds is 8. The van der Waals surface area contributed by atoms with Crippen LogP contribution in [0.4, 0.5) is 0 Å². The molecule has 0 amide bonds. The second-order valence-corrected chi connectivity index (χ2v) is 13.9. The van der Waals surface area contributed by atoms with Gasteiger partial charge in [-0.25, -0.2) is 0 Å². The van der Waals surface area contributed by atoms with Gasteiger partial charge in [0.15, 0.2) is 0 Å². The fourth-order valence-corrected chi connectivity index (χ4v) is 5.18. The molecule has 4 aromatic rings. The van der Waals surface area contributed by atoms with E-state index in [1.54, 1.807) is 0 Å². The van der Waals surface area contributed by atoms with Crippen LogP contribution in [0, 0.1) is 276 Å². The summed E-state index contributed by atoms with van der Waals surface area (Å²) in [5.74, 6) is 101. The predicted molar refractivity (Wildman–Crippen MR) is 404 cm³/mol. The van der Waals surface area contributed by atoms with Gasteiger partial charge in [0.1, 0.15) is 23.7 Å². The molecular weight excluding hydrogens is 949 g/mol. The van der Waals surface area contributed by atoms with E-state index >= 15 is 0 Å². The summed E-state index contributed by atoms with van der Waals surface area (Å²) in [6.07, 6.45) is 15.0. The zero-order chi connectivity index (χ0) is 55.6. The molecule has 0 bridgehead atoms. The Morgan fingerprint density at radius 3 is 0.821 bits per heavy atom. The second-order valence-electron chi connectivity index (χ2n) is 13.9. The lowest BCUT2D eigenvalue weighted by Crippen LogP contribution is -2.21. The van der Waals surface area contributed by atoms with Crippen LogP contribution in [-0.4, -0.2) is 6.54 Å². The number of terminal acetylenes is 2. The zero-order valence-electron chi connectivity index (χ0n) is 42.1. The Morgan fingerprint density at radius 1 is 0.346 bits per heavy atom. The third-order valence-electron chi connectivity index (χ3n) is 8.54. The third kappa shape index (κ3) is 28.4. The Bertz CT molecular complexity index is 4430. The maximum absolute atomic E-state index is 6.33. The third-order valence-corrected chi connectivity index (χ3v) is 8.54. The van der Waals surface area contributed by atoms with Gasteiger partial charge in [-0.1, -0.05) is 90.8 Å². The van der Waals surface area contributed by atoms with E-state index in [2.05, 4.69) is 292 Å². The minimum absolute atomic E-state index is 0. The van der Waals surface area contributed by atoms with Crippen LogP contribution in [0.3, 0.4) is 0 Å². The largest absolute Gasteiger partial charge is 0.407 e. The van der Waals surface area contributed by atoms with Crippen LogP contribution in [0.2, 0.25) is 0 Å². The number of aryl methyl sites for hydroxylation is 2. The van der Waals surface area contributed by atoms with E-state index in [9.17, 15) is 0 Å². The average Bonchev–Trinajstić information content (AvgIpc) is 0.850. The van der Waals surface area contributed by atoms with Crippen molar-refractivity contribution in [2.45, 2.75) is 32.9 Å². The van der Waals surface area contributed by atoms with Gasteiger partial charge in [-0.3, -0.25) is 0 Å². The summed E-state index contributed by atoms with van der Waals surface area (Å²) in [7, 11) is 0. The maximum Gasteiger partial charge on any atom is 0.140 e. The number of nitrogens with two attached hydrogens (primary N) is 1. The van der Waals surface area contributed by atoms with E-state index in [4.69, 9.17) is 28.1 Å². The van der Waals surface area contributed by atoms with Gasteiger partial charge >= 0.3 is 0 Å². The van der Waals surface area contributed by atoms with Crippen molar-refractivity contribution in [3.05, 3.63) is 130 Å². The van der Waals surface area contributed by atoms with E-state index < -0.39 is 0 Å². The highest BCUT2D eigenvalue weighted by Gasteiger charge is 2.13. The first-order valence-electron chi connectivity index (χ1n) is 22.5. The van der Waals surface area contributed by atoms with Crippen molar-refractivity contribution >= 4 is 0 Å². The Morgan fingerprint density at radius 2 is 0.564 bits per heavy atom. The molecule has 0 saturated carbocycles. The molecule has 4 heteroatoms. The lowest BCUT2D eigenvalue weighted by molar-refractivity contribution is 0.519. The van der Waals surface area contributed by atoms with Crippen molar-refractivity contribution in [3.63, 3.8) is 0 Å². The normalized spacial score (nSPS) is 7.72. The first-order valence-corrected chi connectivity index (χ1v) is 22.5. The molecule has 0 saturated heterocycles. The molecule has 0 fully saturated rings. The summed E-state index contributed by atoms with van der Waals surface area (Å²) in [6.45, 7) is 7.07. The summed E-state index contributed by atoms with van der Waals surface area (Å²) >= 11 is 0. The second kappa shape index (κ2) is 40.4. The van der Waals surface area contributed by atoms with Gasteiger partial charge in [0.05, 0.1) is 12.1 Å². The molecule has 78 heavy (non-hydrogen) atoms. The van der Waals surface area contributed by atoms with Gasteiger partial charge in [-0.2, -0.15) is 0 Å². The van der Waals surface area contributed by atoms with E-state index in [0.717, 1.165) is 23.2 Å². The van der Waals surface area contributed by atoms with Crippen molar-refractivity contribution in [2.75, 3.05) is 6.54 Å². The van der Waals surface area contributed by atoms with E-state index in [0.29, 0.717) is 11.5 Å². The van der Waals surface area contributed by atoms with Crippen molar-refractivity contribution in [1.82, 2.24) is 5.32 Å². The lowest BCUT2D eigenvalue weighted by Gasteiger charge is -2.19. The molecule has 2 atom stereocenters. The number of benzene rings is 4. The topological polar surface area (TPSA) is 56.5 Å². The molecule has 4 aromatic carbocycles. The quantitative estimate of drug-likeness (QED) is 0.173. The van der Waals surface area contributed by atoms with Crippen molar-refractivity contribution in [1.29, 1.82) is 0 Å². The van der Waals surface area contributed by atoms with Crippen LogP contribution < -0.4 is 20.5 Å². The summed E-state index contributed by atoms with van der Waals surface area (Å²) in [5.41, 5.74) is 13.1. The summed E-state index contributed by atoms with van der Waals surface area (Å²) in [4.78, 5) is 0. The van der Waals surface area contributed by atoms with Gasteiger partial charge in [0.2, 0.25) is 0 Å². The number of hydrogen-bond acceptors (Lipinski definition) is 4. The molecule has 0 aliphatic carbocycles. The standard InChI is InChI=1S/C38H19NO.C36H15NO.44H2/c1-4-6-7-8-9-10-11-12-13-14-15-16-17-18-19-20-21-22-23-24-33-40-37-31-29-36(30-32-37)38(39-5-2)35-27-25-34(3)26-28-35;1-3-4-5-6-7-8-9-10-11-12-13-14-15-16-17-18-19-20-21-22-31-38-35-29-27-34(28-30-35)36(37)33-25-23-32(2)24-26-33;;;;;;;;;;;;;;;;;;;;;;;;;;;;;;;;;;;;;;;;;;;;/h1,25-32,38-39H,5H2,2-3H3;1,23-30,36H,37H2,2H3;44*1H.